The molecule has 2 aromatic rings. The van der Waals surface area contributed by atoms with Crippen molar-refractivity contribution < 1.29 is 0 Å². The summed E-state index contributed by atoms with van der Waals surface area (Å²) in [6.45, 7) is 0. The number of fused-ring (bicyclic) bond motifs is 1. The van der Waals surface area contributed by atoms with Crippen molar-refractivity contribution in [3.8, 4) is 0 Å². The standard InChI is InChI=1S/C15H11Br4N/c16-8-6-12(18)15(13(19)7-8)20-14-5-4-9-10(14)2-1-3-11(9)17/h1-3,6-7,14,20H,4-5H2. The molecule has 1 nitrogen and oxygen atoms in total. The zero-order valence-electron chi connectivity index (χ0n) is 10.4. The van der Waals surface area contributed by atoms with Crippen molar-refractivity contribution >= 4 is 69.4 Å². The summed E-state index contributed by atoms with van der Waals surface area (Å²) in [7, 11) is 0. The normalized spacial score (nSPS) is 17.1. The summed E-state index contributed by atoms with van der Waals surface area (Å²) in [4.78, 5) is 0. The lowest BCUT2D eigenvalue weighted by molar-refractivity contribution is 0.760. The first-order chi connectivity index (χ1) is 9.56. The molecular weight excluding hydrogens is 514 g/mol. The maximum Gasteiger partial charge on any atom is 0.0634 e. The molecule has 0 aliphatic heterocycles. The second-order valence-electron chi connectivity index (χ2n) is 4.79. The Labute approximate surface area is 152 Å². The minimum Gasteiger partial charge on any atom is -0.376 e. The number of rotatable bonds is 2. The number of hydrogen-bond donors (Lipinski definition) is 1. The van der Waals surface area contributed by atoms with E-state index in [0.717, 1.165) is 31.9 Å². The Kier molecular flexibility index (Phi) is 4.60. The van der Waals surface area contributed by atoms with Crippen molar-refractivity contribution in [3.05, 3.63) is 59.3 Å². The lowest BCUT2D eigenvalue weighted by Crippen LogP contribution is -2.08. The van der Waals surface area contributed by atoms with Crippen LogP contribution in [0.4, 0.5) is 5.69 Å². The second-order valence-corrected chi connectivity index (χ2v) is 8.27. The number of nitrogens with one attached hydrogen (secondary N) is 1. The van der Waals surface area contributed by atoms with Gasteiger partial charge in [0.25, 0.3) is 0 Å². The highest BCUT2D eigenvalue weighted by atomic mass is 79.9. The van der Waals surface area contributed by atoms with Crippen LogP contribution >= 0.6 is 63.7 Å². The van der Waals surface area contributed by atoms with Crippen LogP contribution in [0.1, 0.15) is 23.6 Å². The molecule has 104 valence electrons. The first-order valence-electron chi connectivity index (χ1n) is 6.24. The molecule has 0 spiro atoms. The van der Waals surface area contributed by atoms with Gasteiger partial charge in [-0.15, -0.1) is 0 Å². The van der Waals surface area contributed by atoms with Gasteiger partial charge in [0.05, 0.1) is 11.7 Å². The van der Waals surface area contributed by atoms with Crippen LogP contribution in [0.2, 0.25) is 0 Å². The molecule has 0 saturated carbocycles. The highest BCUT2D eigenvalue weighted by molar-refractivity contribution is 9.11. The van der Waals surface area contributed by atoms with Crippen LogP contribution in [0, 0.1) is 0 Å². The van der Waals surface area contributed by atoms with E-state index in [-0.39, 0.29) is 0 Å². The van der Waals surface area contributed by atoms with Gasteiger partial charge in [-0.2, -0.15) is 0 Å². The van der Waals surface area contributed by atoms with E-state index in [0.29, 0.717) is 6.04 Å². The summed E-state index contributed by atoms with van der Waals surface area (Å²) in [5.41, 5.74) is 3.92. The number of hydrogen-bond acceptors (Lipinski definition) is 1. The predicted octanol–water partition coefficient (Wildman–Crippen LogP) is 6.84. The van der Waals surface area contributed by atoms with Crippen molar-refractivity contribution in [2.45, 2.75) is 18.9 Å². The largest absolute Gasteiger partial charge is 0.376 e. The molecule has 1 aliphatic rings. The van der Waals surface area contributed by atoms with Crippen molar-refractivity contribution in [3.63, 3.8) is 0 Å². The van der Waals surface area contributed by atoms with E-state index in [2.05, 4.69) is 99.4 Å². The van der Waals surface area contributed by atoms with Crippen LogP contribution in [0.15, 0.2) is 48.2 Å². The van der Waals surface area contributed by atoms with Gasteiger partial charge in [0.15, 0.2) is 0 Å². The molecule has 0 saturated heterocycles. The average molecular weight is 525 g/mol. The second kappa shape index (κ2) is 6.11. The van der Waals surface area contributed by atoms with Gasteiger partial charge in [0.1, 0.15) is 0 Å². The Bertz CT molecular complexity index is 646. The summed E-state index contributed by atoms with van der Waals surface area (Å²) in [5, 5.41) is 3.65. The fraction of sp³-hybridized carbons (Fsp3) is 0.200. The van der Waals surface area contributed by atoms with Gasteiger partial charge >= 0.3 is 0 Å². The van der Waals surface area contributed by atoms with Crippen LogP contribution in [0.5, 0.6) is 0 Å². The Morgan fingerprint density at radius 1 is 0.950 bits per heavy atom. The highest BCUT2D eigenvalue weighted by Crippen LogP contribution is 2.41. The van der Waals surface area contributed by atoms with E-state index in [4.69, 9.17) is 0 Å². The smallest absolute Gasteiger partial charge is 0.0634 e. The number of halogens is 4. The number of benzene rings is 2. The van der Waals surface area contributed by atoms with Gasteiger partial charge in [-0.05, 0) is 74.0 Å². The van der Waals surface area contributed by atoms with E-state index < -0.39 is 0 Å². The summed E-state index contributed by atoms with van der Waals surface area (Å²) in [6, 6.07) is 10.9. The van der Waals surface area contributed by atoms with Crippen LogP contribution < -0.4 is 5.32 Å². The molecule has 0 bridgehead atoms. The quantitative estimate of drug-likeness (QED) is 0.454. The Morgan fingerprint density at radius 2 is 1.65 bits per heavy atom. The maximum atomic E-state index is 3.65. The zero-order valence-corrected chi connectivity index (χ0v) is 16.7. The van der Waals surface area contributed by atoms with Crippen molar-refractivity contribution in [1.29, 1.82) is 0 Å². The fourth-order valence-electron chi connectivity index (χ4n) is 2.61. The Morgan fingerprint density at radius 3 is 2.35 bits per heavy atom. The van der Waals surface area contributed by atoms with E-state index in [1.807, 2.05) is 0 Å². The van der Waals surface area contributed by atoms with Crippen LogP contribution in [-0.2, 0) is 6.42 Å². The van der Waals surface area contributed by atoms with E-state index >= 15 is 0 Å². The monoisotopic (exact) mass is 521 g/mol. The molecule has 1 unspecified atom stereocenters. The minimum absolute atomic E-state index is 0.358. The molecule has 5 heteroatoms. The Hall–Kier alpha value is 0.160. The lowest BCUT2D eigenvalue weighted by Gasteiger charge is -2.18. The van der Waals surface area contributed by atoms with Crippen molar-refractivity contribution in [1.82, 2.24) is 0 Å². The third-order valence-corrected chi connectivity index (χ3v) is 5.99. The molecule has 0 amide bonds. The molecule has 0 aromatic heterocycles. The summed E-state index contributed by atoms with van der Waals surface area (Å²) < 4.78 is 4.38. The summed E-state index contributed by atoms with van der Waals surface area (Å²) in [6.07, 6.45) is 2.23. The first-order valence-corrected chi connectivity index (χ1v) is 9.42. The van der Waals surface area contributed by atoms with Gasteiger partial charge in [0.2, 0.25) is 0 Å². The third kappa shape index (κ3) is 2.87. The van der Waals surface area contributed by atoms with E-state index in [1.165, 1.54) is 15.6 Å². The molecule has 2 aromatic carbocycles. The molecule has 1 atom stereocenters. The van der Waals surface area contributed by atoms with Crippen molar-refractivity contribution in [2.75, 3.05) is 5.32 Å². The summed E-state index contributed by atoms with van der Waals surface area (Å²) >= 11 is 14.4. The van der Waals surface area contributed by atoms with Crippen LogP contribution in [-0.4, -0.2) is 0 Å². The average Bonchev–Trinajstić information content (AvgIpc) is 2.78. The van der Waals surface area contributed by atoms with Gasteiger partial charge in [-0.1, -0.05) is 44.0 Å². The van der Waals surface area contributed by atoms with Crippen LogP contribution in [0.25, 0.3) is 0 Å². The van der Waals surface area contributed by atoms with Gasteiger partial charge in [0, 0.05) is 17.9 Å². The first kappa shape index (κ1) is 15.1. The highest BCUT2D eigenvalue weighted by Gasteiger charge is 2.25. The topological polar surface area (TPSA) is 12.0 Å². The van der Waals surface area contributed by atoms with Gasteiger partial charge in [-0.25, -0.2) is 0 Å². The third-order valence-electron chi connectivity index (χ3n) is 3.54. The molecule has 0 heterocycles. The molecular formula is C15H11Br4N. The molecule has 1 aliphatic carbocycles. The van der Waals surface area contributed by atoms with E-state index in [1.54, 1.807) is 0 Å². The molecule has 20 heavy (non-hydrogen) atoms. The number of anilines is 1. The maximum absolute atomic E-state index is 3.65. The van der Waals surface area contributed by atoms with E-state index in [9.17, 15) is 0 Å². The lowest BCUT2D eigenvalue weighted by atomic mass is 10.1. The molecule has 3 rings (SSSR count). The minimum atomic E-state index is 0.358. The predicted molar refractivity (Wildman–Crippen MR) is 98.4 cm³/mol. The molecule has 0 radical (unpaired) electrons. The summed E-state index contributed by atoms with van der Waals surface area (Å²) in [5.74, 6) is 0. The molecule has 0 fully saturated rings. The zero-order chi connectivity index (χ0) is 14.3. The fourth-order valence-corrected chi connectivity index (χ4v) is 5.68. The SMILES string of the molecule is Brc1cc(Br)c(NC2CCc3c(Br)cccc32)c(Br)c1. The molecule has 1 N–H and O–H groups in total. The van der Waals surface area contributed by atoms with Gasteiger partial charge in [-0.3, -0.25) is 0 Å². The van der Waals surface area contributed by atoms with Gasteiger partial charge < -0.3 is 5.32 Å². The Balaban J connectivity index is 1.94. The van der Waals surface area contributed by atoms with Crippen LogP contribution in [0.3, 0.4) is 0 Å². The van der Waals surface area contributed by atoms with Crippen molar-refractivity contribution in [2.24, 2.45) is 0 Å².